The van der Waals surface area contributed by atoms with Crippen LogP contribution in [-0.2, 0) is 16.0 Å². The lowest BCUT2D eigenvalue weighted by Gasteiger charge is -2.29. The first-order valence-corrected chi connectivity index (χ1v) is 8.29. The monoisotopic (exact) mass is 466 g/mol. The molecule has 1 heterocycles. The number of rotatable bonds is 7. The van der Waals surface area contributed by atoms with Gasteiger partial charge in [-0.25, -0.2) is 4.39 Å². The first-order chi connectivity index (χ1) is 11.7. The van der Waals surface area contributed by atoms with Crippen molar-refractivity contribution in [1.29, 1.82) is 0 Å². The van der Waals surface area contributed by atoms with Crippen molar-refractivity contribution in [3.63, 3.8) is 0 Å². The first kappa shape index (κ1) is 21.9. The molecule has 25 heavy (non-hydrogen) atoms. The summed E-state index contributed by atoms with van der Waals surface area (Å²) < 4.78 is 24.7. The minimum Gasteiger partial charge on any atom is -0.385 e. The number of ether oxygens (including phenoxy) is 2. The van der Waals surface area contributed by atoms with Gasteiger partial charge in [0.2, 0.25) is 0 Å². The Labute approximate surface area is 166 Å². The fourth-order valence-electron chi connectivity index (χ4n) is 2.55. The Morgan fingerprint density at radius 1 is 1.32 bits per heavy atom. The Morgan fingerprint density at radius 3 is 2.72 bits per heavy atom. The van der Waals surface area contributed by atoms with Gasteiger partial charge < -0.3 is 25.0 Å². The molecule has 0 atom stereocenters. The van der Waals surface area contributed by atoms with Crippen LogP contribution in [0, 0.1) is 5.82 Å². The second-order valence-corrected chi connectivity index (χ2v) is 5.58. The van der Waals surface area contributed by atoms with Gasteiger partial charge in [0.05, 0.1) is 18.9 Å². The standard InChI is InChI=1S/C17H27FN4O2.HI/c1-19-17(20-6-3-9-23-2)21-13-14-4-5-16(15(18)12-14)22-7-10-24-11-8-22;/h4-5,12H,3,6-11,13H2,1-2H3,(H2,19,20,21);1H. The highest BCUT2D eigenvalue weighted by molar-refractivity contribution is 14.0. The number of halogens is 2. The quantitative estimate of drug-likeness (QED) is 0.279. The van der Waals surface area contributed by atoms with Crippen LogP contribution in [0.2, 0.25) is 0 Å². The highest BCUT2D eigenvalue weighted by atomic mass is 127. The molecule has 0 unspecified atom stereocenters. The van der Waals surface area contributed by atoms with Crippen molar-refractivity contribution in [3.05, 3.63) is 29.6 Å². The molecule has 1 aromatic carbocycles. The molecule has 0 radical (unpaired) electrons. The molecular formula is C17H28FIN4O2. The molecule has 1 aliphatic rings. The maximum absolute atomic E-state index is 14.4. The Kier molecular flexibility index (Phi) is 10.7. The van der Waals surface area contributed by atoms with Crippen molar-refractivity contribution in [2.45, 2.75) is 13.0 Å². The molecule has 2 rings (SSSR count). The lowest BCUT2D eigenvalue weighted by Crippen LogP contribution is -2.38. The van der Waals surface area contributed by atoms with Crippen LogP contribution in [0.25, 0.3) is 0 Å². The highest BCUT2D eigenvalue weighted by Crippen LogP contribution is 2.21. The minimum atomic E-state index is -0.195. The summed E-state index contributed by atoms with van der Waals surface area (Å²) in [5, 5.41) is 6.38. The molecule has 0 aliphatic carbocycles. The van der Waals surface area contributed by atoms with E-state index in [1.54, 1.807) is 20.2 Å². The molecular weight excluding hydrogens is 438 g/mol. The predicted octanol–water partition coefficient (Wildman–Crippen LogP) is 1.98. The second kappa shape index (κ2) is 12.3. The van der Waals surface area contributed by atoms with Crippen LogP contribution in [0.1, 0.15) is 12.0 Å². The fraction of sp³-hybridized carbons (Fsp3) is 0.588. The molecule has 0 aromatic heterocycles. The third-order valence-corrected chi connectivity index (χ3v) is 3.87. The topological polar surface area (TPSA) is 58.1 Å². The maximum atomic E-state index is 14.4. The van der Waals surface area contributed by atoms with Crippen LogP contribution >= 0.6 is 24.0 Å². The number of aliphatic imine (C=N–C) groups is 1. The molecule has 6 nitrogen and oxygen atoms in total. The summed E-state index contributed by atoms with van der Waals surface area (Å²) in [5.41, 5.74) is 1.52. The molecule has 1 aromatic rings. The summed E-state index contributed by atoms with van der Waals surface area (Å²) in [7, 11) is 3.40. The molecule has 1 aliphatic heterocycles. The summed E-state index contributed by atoms with van der Waals surface area (Å²) in [6.45, 7) is 4.75. The van der Waals surface area contributed by atoms with Gasteiger partial charge in [-0.2, -0.15) is 0 Å². The summed E-state index contributed by atoms with van der Waals surface area (Å²) in [5.74, 6) is 0.503. The molecule has 1 fully saturated rings. The van der Waals surface area contributed by atoms with Crippen LogP contribution in [0.3, 0.4) is 0 Å². The number of anilines is 1. The van der Waals surface area contributed by atoms with Gasteiger partial charge in [0.15, 0.2) is 5.96 Å². The van der Waals surface area contributed by atoms with Gasteiger partial charge in [-0.1, -0.05) is 6.07 Å². The third kappa shape index (κ3) is 7.33. The van der Waals surface area contributed by atoms with E-state index < -0.39 is 0 Å². The zero-order valence-electron chi connectivity index (χ0n) is 14.9. The number of methoxy groups -OCH3 is 1. The zero-order chi connectivity index (χ0) is 17.2. The highest BCUT2D eigenvalue weighted by Gasteiger charge is 2.15. The van der Waals surface area contributed by atoms with E-state index in [1.807, 2.05) is 17.0 Å². The molecule has 0 amide bonds. The minimum absolute atomic E-state index is 0. The van der Waals surface area contributed by atoms with Crippen LogP contribution in [0.15, 0.2) is 23.2 Å². The van der Waals surface area contributed by atoms with Crippen molar-refractivity contribution >= 4 is 35.6 Å². The molecule has 0 bridgehead atoms. The Balaban J connectivity index is 0.00000312. The van der Waals surface area contributed by atoms with E-state index in [-0.39, 0.29) is 29.8 Å². The van der Waals surface area contributed by atoms with E-state index in [4.69, 9.17) is 9.47 Å². The van der Waals surface area contributed by atoms with Crippen LogP contribution in [0.4, 0.5) is 10.1 Å². The average molecular weight is 466 g/mol. The van der Waals surface area contributed by atoms with E-state index in [1.165, 1.54) is 0 Å². The van der Waals surface area contributed by atoms with Gasteiger partial charge >= 0.3 is 0 Å². The zero-order valence-corrected chi connectivity index (χ0v) is 17.2. The van der Waals surface area contributed by atoms with E-state index in [2.05, 4.69) is 15.6 Å². The van der Waals surface area contributed by atoms with E-state index in [0.29, 0.717) is 38.0 Å². The van der Waals surface area contributed by atoms with Crippen molar-refractivity contribution in [2.24, 2.45) is 4.99 Å². The van der Waals surface area contributed by atoms with Gasteiger partial charge in [0.1, 0.15) is 5.82 Å². The largest absolute Gasteiger partial charge is 0.385 e. The second-order valence-electron chi connectivity index (χ2n) is 5.58. The van der Waals surface area contributed by atoms with Crippen molar-refractivity contribution in [1.82, 2.24) is 10.6 Å². The van der Waals surface area contributed by atoms with E-state index >= 15 is 0 Å². The van der Waals surface area contributed by atoms with Gasteiger partial charge in [0.25, 0.3) is 0 Å². The molecule has 0 spiro atoms. The summed E-state index contributed by atoms with van der Waals surface area (Å²) in [4.78, 5) is 6.17. The Hall–Kier alpha value is -1.13. The normalized spacial score (nSPS) is 14.8. The Bertz CT molecular complexity index is 539. The van der Waals surface area contributed by atoms with Gasteiger partial charge in [-0.3, -0.25) is 4.99 Å². The number of guanidine groups is 1. The van der Waals surface area contributed by atoms with E-state index in [0.717, 1.165) is 31.6 Å². The molecule has 142 valence electrons. The maximum Gasteiger partial charge on any atom is 0.191 e. The third-order valence-electron chi connectivity index (χ3n) is 3.87. The number of nitrogens with zero attached hydrogens (tertiary/aromatic N) is 2. The number of morpholine rings is 1. The molecule has 8 heteroatoms. The smallest absolute Gasteiger partial charge is 0.191 e. The number of hydrogen-bond donors (Lipinski definition) is 2. The van der Waals surface area contributed by atoms with Crippen molar-refractivity contribution < 1.29 is 13.9 Å². The summed E-state index contributed by atoms with van der Waals surface area (Å²) in [6, 6.07) is 5.36. The SMILES string of the molecule is CN=C(NCCCOC)NCc1ccc(N2CCOCC2)c(F)c1.I. The number of hydrogen-bond acceptors (Lipinski definition) is 4. The fourth-order valence-corrected chi connectivity index (χ4v) is 2.55. The Morgan fingerprint density at radius 2 is 2.08 bits per heavy atom. The van der Waals surface area contributed by atoms with Crippen molar-refractivity contribution in [2.75, 3.05) is 58.5 Å². The van der Waals surface area contributed by atoms with Crippen molar-refractivity contribution in [3.8, 4) is 0 Å². The molecule has 0 saturated carbocycles. The van der Waals surface area contributed by atoms with Gasteiger partial charge in [0, 0.05) is 46.9 Å². The lowest BCUT2D eigenvalue weighted by atomic mass is 10.1. The molecule has 2 N–H and O–H groups in total. The van der Waals surface area contributed by atoms with Gasteiger partial charge in [-0.15, -0.1) is 24.0 Å². The van der Waals surface area contributed by atoms with Gasteiger partial charge in [-0.05, 0) is 24.1 Å². The van der Waals surface area contributed by atoms with Crippen LogP contribution < -0.4 is 15.5 Å². The molecule has 1 saturated heterocycles. The summed E-state index contributed by atoms with van der Waals surface area (Å²) in [6.07, 6.45) is 0.903. The summed E-state index contributed by atoms with van der Waals surface area (Å²) >= 11 is 0. The number of nitrogens with one attached hydrogen (secondary N) is 2. The predicted molar refractivity (Wildman–Crippen MR) is 110 cm³/mol. The van der Waals surface area contributed by atoms with Crippen LogP contribution in [-0.4, -0.2) is 59.6 Å². The van der Waals surface area contributed by atoms with E-state index in [9.17, 15) is 4.39 Å². The number of benzene rings is 1. The average Bonchev–Trinajstić information content (AvgIpc) is 2.62. The van der Waals surface area contributed by atoms with Crippen LogP contribution in [0.5, 0.6) is 0 Å². The lowest BCUT2D eigenvalue weighted by molar-refractivity contribution is 0.122. The first-order valence-electron chi connectivity index (χ1n) is 8.29.